The van der Waals surface area contributed by atoms with Crippen molar-refractivity contribution in [2.24, 2.45) is 0 Å². The van der Waals surface area contributed by atoms with Gasteiger partial charge in [-0.2, -0.15) is 0 Å². The van der Waals surface area contributed by atoms with Crippen LogP contribution in [0.15, 0.2) is 36.5 Å². The number of rotatable bonds is 2. The second-order valence-electron chi connectivity index (χ2n) is 5.96. The van der Waals surface area contributed by atoms with Gasteiger partial charge in [0.1, 0.15) is 36.3 Å². The number of aromatic nitrogens is 1. The molecular weight excluding hydrogens is 330 g/mol. The van der Waals surface area contributed by atoms with E-state index in [0.29, 0.717) is 5.39 Å². The summed E-state index contributed by atoms with van der Waals surface area (Å²) >= 11 is 0. The van der Waals surface area contributed by atoms with Crippen molar-refractivity contribution in [2.45, 2.75) is 36.6 Å². The first-order valence-corrected chi connectivity index (χ1v) is 7.71. The number of nitrogens with one attached hydrogen (secondary N) is 2. The molecule has 0 bridgehead atoms. The average molecular weight is 349 g/mol. The van der Waals surface area contributed by atoms with E-state index in [9.17, 15) is 30.3 Å². The zero-order chi connectivity index (χ0) is 18.1. The van der Waals surface area contributed by atoms with Crippen LogP contribution in [0.5, 0.6) is 0 Å². The van der Waals surface area contributed by atoms with Crippen LogP contribution in [0.25, 0.3) is 10.8 Å². The highest BCUT2D eigenvalue weighted by molar-refractivity contribution is 5.99. The van der Waals surface area contributed by atoms with Gasteiger partial charge in [0.2, 0.25) is 0 Å². The van der Waals surface area contributed by atoms with Crippen molar-refractivity contribution in [3.8, 4) is 0 Å². The molecule has 7 N–H and O–H groups in total. The number of carbonyl (C=O) groups is 1. The van der Waals surface area contributed by atoms with E-state index < -0.39 is 42.6 Å². The first kappa shape index (κ1) is 17.5. The number of pyridine rings is 1. The van der Waals surface area contributed by atoms with Crippen LogP contribution < -0.4 is 10.6 Å². The summed E-state index contributed by atoms with van der Waals surface area (Å²) in [6, 6.07) is 6.87. The molecule has 1 aromatic carbocycles. The van der Waals surface area contributed by atoms with Crippen LogP contribution in [0, 0.1) is 0 Å². The Morgan fingerprint density at radius 2 is 1.48 bits per heavy atom. The molecule has 0 aliphatic heterocycles. The first-order valence-electron chi connectivity index (χ1n) is 7.71. The number of anilines is 1. The quantitative estimate of drug-likeness (QED) is 0.349. The number of aliphatic hydroxyl groups excluding tert-OH is 5. The number of benzene rings is 1. The summed E-state index contributed by atoms with van der Waals surface area (Å²) in [7, 11) is 0. The van der Waals surface area contributed by atoms with Crippen LogP contribution >= 0.6 is 0 Å². The second-order valence-corrected chi connectivity index (χ2v) is 5.96. The number of hydrogen-bond donors (Lipinski definition) is 7. The van der Waals surface area contributed by atoms with Crippen LogP contribution in [0.3, 0.4) is 0 Å². The van der Waals surface area contributed by atoms with Crippen LogP contribution in [0.1, 0.15) is 0 Å². The van der Waals surface area contributed by atoms with E-state index >= 15 is 0 Å². The van der Waals surface area contributed by atoms with Gasteiger partial charge in [0, 0.05) is 11.6 Å². The topological polar surface area (TPSA) is 155 Å². The zero-order valence-electron chi connectivity index (χ0n) is 13.0. The number of urea groups is 1. The third-order valence-electron chi connectivity index (χ3n) is 4.34. The lowest BCUT2D eigenvalue weighted by molar-refractivity contribution is -0.188. The summed E-state index contributed by atoms with van der Waals surface area (Å²) in [4.78, 5) is 16.3. The van der Waals surface area contributed by atoms with Gasteiger partial charge >= 0.3 is 6.03 Å². The fourth-order valence-corrected chi connectivity index (χ4v) is 2.92. The second kappa shape index (κ2) is 6.90. The molecule has 0 saturated heterocycles. The van der Waals surface area contributed by atoms with Crippen LogP contribution in [0.2, 0.25) is 0 Å². The van der Waals surface area contributed by atoms with E-state index in [-0.39, 0.29) is 5.82 Å². The molecule has 25 heavy (non-hydrogen) atoms. The van der Waals surface area contributed by atoms with E-state index in [0.717, 1.165) is 5.39 Å². The highest BCUT2D eigenvalue weighted by atomic mass is 16.4. The highest BCUT2D eigenvalue weighted by Crippen LogP contribution is 2.23. The van der Waals surface area contributed by atoms with Gasteiger partial charge in [-0.1, -0.05) is 24.3 Å². The van der Waals surface area contributed by atoms with Gasteiger partial charge in [0.15, 0.2) is 0 Å². The number of amides is 2. The van der Waals surface area contributed by atoms with Crippen molar-refractivity contribution in [1.82, 2.24) is 10.3 Å². The lowest BCUT2D eigenvalue weighted by atomic mass is 9.83. The van der Waals surface area contributed by atoms with Crippen LogP contribution in [-0.2, 0) is 0 Å². The largest absolute Gasteiger partial charge is 0.388 e. The summed E-state index contributed by atoms with van der Waals surface area (Å²) in [5.41, 5.74) is 0. The SMILES string of the molecule is O=C(Nc1nccc2ccccc12)NC1[C@@H](O)[C@H](O)C(O)[C@H](O)[C@H]1O. The maximum atomic E-state index is 12.2. The van der Waals surface area contributed by atoms with Crippen molar-refractivity contribution in [3.63, 3.8) is 0 Å². The van der Waals surface area contributed by atoms with Crippen LogP contribution in [0.4, 0.5) is 10.6 Å². The van der Waals surface area contributed by atoms with Crippen molar-refractivity contribution < 1.29 is 30.3 Å². The zero-order valence-corrected chi connectivity index (χ0v) is 13.0. The van der Waals surface area contributed by atoms with Gasteiger partial charge in [-0.3, -0.25) is 5.32 Å². The molecule has 1 fully saturated rings. The molecule has 2 unspecified atom stereocenters. The summed E-state index contributed by atoms with van der Waals surface area (Å²) in [6.45, 7) is 0. The molecule has 134 valence electrons. The predicted octanol–water partition coefficient (Wildman–Crippen LogP) is -1.46. The molecule has 1 saturated carbocycles. The van der Waals surface area contributed by atoms with E-state index in [2.05, 4.69) is 15.6 Å². The molecule has 0 spiro atoms. The van der Waals surface area contributed by atoms with Crippen molar-refractivity contribution >= 4 is 22.6 Å². The summed E-state index contributed by atoms with van der Waals surface area (Å²) in [6.07, 6.45) is -6.92. The minimum Gasteiger partial charge on any atom is -0.388 e. The molecule has 9 heteroatoms. The molecule has 3 rings (SSSR count). The molecule has 1 aliphatic carbocycles. The third kappa shape index (κ3) is 3.28. The molecule has 2 amide bonds. The van der Waals surface area contributed by atoms with E-state index in [1.807, 2.05) is 12.1 Å². The Balaban J connectivity index is 1.75. The molecular formula is C16H19N3O6. The Bertz CT molecular complexity index is 751. The Morgan fingerprint density at radius 1 is 0.880 bits per heavy atom. The van der Waals surface area contributed by atoms with Crippen molar-refractivity contribution in [2.75, 3.05) is 5.32 Å². The van der Waals surface area contributed by atoms with E-state index in [1.165, 1.54) is 6.20 Å². The summed E-state index contributed by atoms with van der Waals surface area (Å²) in [5, 5.41) is 55.2. The molecule has 1 aliphatic rings. The normalized spacial score (nSPS) is 32.4. The number of aliphatic hydroxyl groups is 5. The molecule has 1 aromatic heterocycles. The molecule has 9 nitrogen and oxygen atoms in total. The average Bonchev–Trinajstić information content (AvgIpc) is 2.62. The van der Waals surface area contributed by atoms with E-state index in [4.69, 9.17) is 0 Å². The maximum Gasteiger partial charge on any atom is 0.320 e. The molecule has 6 atom stereocenters. The van der Waals surface area contributed by atoms with Gasteiger partial charge in [-0.05, 0) is 11.5 Å². The van der Waals surface area contributed by atoms with Gasteiger partial charge in [-0.25, -0.2) is 9.78 Å². The highest BCUT2D eigenvalue weighted by Gasteiger charge is 2.48. The Morgan fingerprint density at radius 3 is 2.16 bits per heavy atom. The number of nitrogens with zero attached hydrogens (tertiary/aromatic N) is 1. The molecule has 1 heterocycles. The van der Waals surface area contributed by atoms with Gasteiger partial charge in [0.05, 0.1) is 6.04 Å². The lowest BCUT2D eigenvalue weighted by Gasteiger charge is -2.41. The molecule has 2 aromatic rings. The Hall–Kier alpha value is -2.30. The lowest BCUT2D eigenvalue weighted by Crippen LogP contribution is -2.68. The van der Waals surface area contributed by atoms with Gasteiger partial charge in [-0.15, -0.1) is 0 Å². The smallest absolute Gasteiger partial charge is 0.320 e. The number of fused-ring (bicyclic) bond motifs is 1. The fraction of sp³-hybridized carbons (Fsp3) is 0.375. The number of carbonyl (C=O) groups excluding carboxylic acids is 1. The monoisotopic (exact) mass is 349 g/mol. The minimum absolute atomic E-state index is 0.275. The standard InChI is InChI=1S/C16H19N3O6/c20-10-9(11(21)13(23)14(24)12(10)22)18-16(25)19-15-8-4-2-1-3-7(8)5-6-17-15/h1-6,9-14,20-24H,(H2,17,18,19,25)/t9?,10-,11+,12+,13-,14?. The third-order valence-corrected chi connectivity index (χ3v) is 4.34. The maximum absolute atomic E-state index is 12.2. The molecule has 0 radical (unpaired) electrons. The van der Waals surface area contributed by atoms with Crippen molar-refractivity contribution in [3.05, 3.63) is 36.5 Å². The minimum atomic E-state index is -1.72. The number of hydrogen-bond acceptors (Lipinski definition) is 7. The summed E-state index contributed by atoms with van der Waals surface area (Å²) < 4.78 is 0. The predicted molar refractivity (Wildman–Crippen MR) is 87.7 cm³/mol. The Labute approximate surface area is 142 Å². The Kier molecular flexibility index (Phi) is 4.84. The first-order chi connectivity index (χ1) is 11.9. The van der Waals surface area contributed by atoms with Gasteiger partial charge < -0.3 is 30.8 Å². The van der Waals surface area contributed by atoms with Gasteiger partial charge in [0.25, 0.3) is 0 Å². The summed E-state index contributed by atoms with van der Waals surface area (Å²) in [5.74, 6) is 0.275. The van der Waals surface area contributed by atoms with Crippen molar-refractivity contribution in [1.29, 1.82) is 0 Å². The van der Waals surface area contributed by atoms with Crippen LogP contribution in [-0.4, -0.2) is 73.1 Å². The fourth-order valence-electron chi connectivity index (χ4n) is 2.92. The van der Waals surface area contributed by atoms with E-state index in [1.54, 1.807) is 18.2 Å².